The highest BCUT2D eigenvalue weighted by atomic mass is 35.5. The van der Waals surface area contributed by atoms with Crippen LogP contribution in [0.1, 0.15) is 27.2 Å². The minimum atomic E-state index is -5.12. The van der Waals surface area contributed by atoms with E-state index in [0.29, 0.717) is 17.7 Å². The fourth-order valence-corrected chi connectivity index (χ4v) is 3.24. The van der Waals surface area contributed by atoms with Crippen molar-refractivity contribution in [1.82, 2.24) is 4.57 Å². The molecule has 1 heterocycles. The number of rotatable bonds is 3. The van der Waals surface area contributed by atoms with Gasteiger partial charge in [-0.05, 0) is 35.9 Å². The standard InChI is InChI=1S/C18H9Cl2F6NO2/c19-12-2-1-8(3-13(12)20)7-27-14-5-9(17(21,22)23)4-11(18(24,25)26)10(14)6-15(27)16(28)29/h1-6H,7H2,(H,28,29). The molecule has 0 spiro atoms. The molecule has 0 saturated heterocycles. The van der Waals surface area contributed by atoms with Gasteiger partial charge >= 0.3 is 18.3 Å². The quantitative estimate of drug-likeness (QED) is 0.444. The minimum Gasteiger partial charge on any atom is -0.477 e. The van der Waals surface area contributed by atoms with E-state index in [-0.39, 0.29) is 22.7 Å². The third-order valence-electron chi connectivity index (χ3n) is 4.20. The predicted molar refractivity (Wildman–Crippen MR) is 94.5 cm³/mol. The molecule has 3 rings (SSSR count). The molecule has 0 aliphatic carbocycles. The number of carboxylic acids is 1. The Balaban J connectivity index is 2.33. The minimum absolute atomic E-state index is 0.0303. The third-order valence-corrected chi connectivity index (χ3v) is 4.94. The summed E-state index contributed by atoms with van der Waals surface area (Å²) in [5, 5.41) is 9.03. The Hall–Kier alpha value is -2.39. The molecule has 0 aliphatic rings. The molecular weight excluding hydrogens is 447 g/mol. The van der Waals surface area contributed by atoms with Gasteiger partial charge in [-0.1, -0.05) is 29.3 Å². The molecule has 0 bridgehead atoms. The number of benzene rings is 2. The Labute approximate surface area is 169 Å². The van der Waals surface area contributed by atoms with Gasteiger partial charge in [0.1, 0.15) is 5.69 Å². The SMILES string of the molecule is O=C(O)c1cc2c(C(F)(F)F)cc(C(F)(F)F)cc2n1Cc1ccc(Cl)c(Cl)c1. The van der Waals surface area contributed by atoms with E-state index in [9.17, 15) is 36.2 Å². The normalized spacial score (nSPS) is 12.6. The summed E-state index contributed by atoms with van der Waals surface area (Å²) >= 11 is 11.7. The Kier molecular flexibility index (Phi) is 5.25. The third kappa shape index (κ3) is 4.16. The monoisotopic (exact) mass is 455 g/mol. The first kappa shape index (κ1) is 21.3. The molecule has 0 atom stereocenters. The molecule has 1 aromatic heterocycles. The summed E-state index contributed by atoms with van der Waals surface area (Å²) in [5.74, 6) is -1.59. The van der Waals surface area contributed by atoms with Crippen LogP contribution >= 0.6 is 23.2 Å². The molecule has 0 aliphatic heterocycles. The van der Waals surface area contributed by atoms with E-state index < -0.39 is 46.0 Å². The van der Waals surface area contributed by atoms with Gasteiger partial charge in [0.2, 0.25) is 0 Å². The summed E-state index contributed by atoms with van der Waals surface area (Å²) < 4.78 is 80.6. The number of hydrogen-bond donors (Lipinski definition) is 1. The summed E-state index contributed by atoms with van der Waals surface area (Å²) in [6.07, 6.45) is -10.2. The molecule has 3 nitrogen and oxygen atoms in total. The number of carboxylic acid groups (broad SMARTS) is 1. The van der Waals surface area contributed by atoms with E-state index in [0.717, 1.165) is 4.57 Å². The highest BCUT2D eigenvalue weighted by Crippen LogP contribution is 2.41. The van der Waals surface area contributed by atoms with Gasteiger partial charge in [-0.25, -0.2) is 4.79 Å². The molecule has 29 heavy (non-hydrogen) atoms. The number of alkyl halides is 6. The van der Waals surface area contributed by atoms with Gasteiger partial charge in [-0.3, -0.25) is 0 Å². The van der Waals surface area contributed by atoms with Gasteiger partial charge in [-0.15, -0.1) is 0 Å². The zero-order valence-corrected chi connectivity index (χ0v) is 15.5. The van der Waals surface area contributed by atoms with Crippen molar-refractivity contribution in [3.05, 3.63) is 68.8 Å². The molecule has 0 radical (unpaired) electrons. The number of carbonyl (C=O) groups is 1. The van der Waals surface area contributed by atoms with Crippen LogP contribution in [0.5, 0.6) is 0 Å². The number of fused-ring (bicyclic) bond motifs is 1. The molecule has 2 aromatic carbocycles. The van der Waals surface area contributed by atoms with Gasteiger partial charge in [0.25, 0.3) is 0 Å². The zero-order chi connectivity index (χ0) is 21.7. The molecule has 1 N–H and O–H groups in total. The van der Waals surface area contributed by atoms with Crippen molar-refractivity contribution in [2.45, 2.75) is 18.9 Å². The number of halogens is 8. The summed E-state index contributed by atoms with van der Waals surface area (Å²) in [4.78, 5) is 11.6. The van der Waals surface area contributed by atoms with E-state index in [2.05, 4.69) is 0 Å². The van der Waals surface area contributed by atoms with Crippen LogP contribution in [-0.2, 0) is 18.9 Å². The van der Waals surface area contributed by atoms with E-state index in [4.69, 9.17) is 23.2 Å². The highest BCUT2D eigenvalue weighted by Gasteiger charge is 2.39. The van der Waals surface area contributed by atoms with Crippen LogP contribution in [0.15, 0.2) is 36.4 Å². The van der Waals surface area contributed by atoms with E-state index in [1.165, 1.54) is 18.2 Å². The zero-order valence-electron chi connectivity index (χ0n) is 14.0. The predicted octanol–water partition coefficient (Wildman–Crippen LogP) is 6.73. The molecule has 3 aromatic rings. The molecule has 0 amide bonds. The topological polar surface area (TPSA) is 42.2 Å². The van der Waals surface area contributed by atoms with Crippen molar-refractivity contribution in [3.63, 3.8) is 0 Å². The van der Waals surface area contributed by atoms with Crippen LogP contribution < -0.4 is 0 Å². The lowest BCUT2D eigenvalue weighted by Gasteiger charge is -2.15. The second kappa shape index (κ2) is 7.14. The van der Waals surface area contributed by atoms with Crippen LogP contribution in [0, 0.1) is 0 Å². The highest BCUT2D eigenvalue weighted by molar-refractivity contribution is 6.42. The first-order valence-corrected chi connectivity index (χ1v) is 8.53. The molecular formula is C18H9Cl2F6NO2. The fraction of sp³-hybridized carbons (Fsp3) is 0.167. The number of aromatic nitrogens is 1. The lowest BCUT2D eigenvalue weighted by atomic mass is 10.0. The maximum absolute atomic E-state index is 13.4. The van der Waals surface area contributed by atoms with E-state index >= 15 is 0 Å². The van der Waals surface area contributed by atoms with E-state index in [1.807, 2.05) is 0 Å². The van der Waals surface area contributed by atoms with Gasteiger partial charge in [0.15, 0.2) is 0 Å². The van der Waals surface area contributed by atoms with Gasteiger partial charge in [0, 0.05) is 11.9 Å². The van der Waals surface area contributed by atoms with Crippen molar-refractivity contribution in [2.24, 2.45) is 0 Å². The molecule has 0 saturated carbocycles. The summed E-state index contributed by atoms with van der Waals surface area (Å²) in [5.41, 5.74) is -3.89. The number of nitrogens with zero attached hydrogens (tertiary/aromatic N) is 1. The van der Waals surface area contributed by atoms with Crippen molar-refractivity contribution in [2.75, 3.05) is 0 Å². The summed E-state index contributed by atoms with van der Waals surface area (Å²) in [6, 6.07) is 5.33. The van der Waals surface area contributed by atoms with Crippen LogP contribution in [-0.4, -0.2) is 15.6 Å². The first-order valence-electron chi connectivity index (χ1n) is 7.78. The fourth-order valence-electron chi connectivity index (χ4n) is 2.92. The first-order chi connectivity index (χ1) is 13.3. The largest absolute Gasteiger partial charge is 0.477 e. The van der Waals surface area contributed by atoms with Crippen molar-refractivity contribution >= 4 is 40.1 Å². The Morgan fingerprint density at radius 3 is 2.10 bits per heavy atom. The number of aromatic carboxylic acids is 1. The molecule has 0 unspecified atom stereocenters. The van der Waals surface area contributed by atoms with Crippen LogP contribution in [0.4, 0.5) is 26.3 Å². The summed E-state index contributed by atoms with van der Waals surface area (Å²) in [6.45, 7) is -0.333. The second-order valence-electron chi connectivity index (χ2n) is 6.12. The maximum atomic E-state index is 13.4. The summed E-state index contributed by atoms with van der Waals surface area (Å²) in [7, 11) is 0. The van der Waals surface area contributed by atoms with Crippen molar-refractivity contribution in [3.8, 4) is 0 Å². The molecule has 11 heteroatoms. The lowest BCUT2D eigenvalue weighted by Crippen LogP contribution is -2.12. The molecule has 154 valence electrons. The Morgan fingerprint density at radius 1 is 0.931 bits per heavy atom. The number of hydrogen-bond acceptors (Lipinski definition) is 1. The van der Waals surface area contributed by atoms with Crippen LogP contribution in [0.3, 0.4) is 0 Å². The van der Waals surface area contributed by atoms with Crippen molar-refractivity contribution < 1.29 is 36.2 Å². The van der Waals surface area contributed by atoms with Crippen molar-refractivity contribution in [1.29, 1.82) is 0 Å². The van der Waals surface area contributed by atoms with Crippen LogP contribution in [0.25, 0.3) is 10.9 Å². The average molecular weight is 456 g/mol. The Morgan fingerprint density at radius 2 is 1.59 bits per heavy atom. The second-order valence-corrected chi connectivity index (χ2v) is 6.94. The lowest BCUT2D eigenvalue weighted by molar-refractivity contribution is -0.142. The van der Waals surface area contributed by atoms with Gasteiger partial charge < -0.3 is 9.67 Å². The molecule has 0 fully saturated rings. The van der Waals surface area contributed by atoms with Gasteiger partial charge in [-0.2, -0.15) is 26.3 Å². The maximum Gasteiger partial charge on any atom is 0.417 e. The van der Waals surface area contributed by atoms with Crippen LogP contribution in [0.2, 0.25) is 10.0 Å². The van der Waals surface area contributed by atoms with Gasteiger partial charge in [0.05, 0.1) is 26.7 Å². The Bertz CT molecular complexity index is 1120. The van der Waals surface area contributed by atoms with E-state index in [1.54, 1.807) is 0 Å². The smallest absolute Gasteiger partial charge is 0.417 e. The average Bonchev–Trinajstić information content (AvgIpc) is 2.94.